The van der Waals surface area contributed by atoms with Crippen molar-refractivity contribution in [3.05, 3.63) is 71.2 Å². The normalized spacial score (nSPS) is 14.3. The maximum absolute atomic E-state index is 13.3. The van der Waals surface area contributed by atoms with Gasteiger partial charge < -0.3 is 16.4 Å². The van der Waals surface area contributed by atoms with E-state index in [0.717, 1.165) is 6.07 Å². The molecule has 1 amide bonds. The molecule has 35 heavy (non-hydrogen) atoms. The first-order valence-corrected chi connectivity index (χ1v) is 10.9. The van der Waals surface area contributed by atoms with E-state index in [1.807, 2.05) is 0 Å². The molecule has 8 nitrogen and oxygen atoms in total. The van der Waals surface area contributed by atoms with Gasteiger partial charge in [0.15, 0.2) is 5.78 Å². The van der Waals surface area contributed by atoms with Crippen LogP contribution in [0.1, 0.15) is 46.4 Å². The first kappa shape index (κ1) is 24.1. The fourth-order valence-corrected chi connectivity index (χ4v) is 3.70. The number of aryl methyl sites for hydroxylation is 1. The predicted octanol–water partition coefficient (Wildman–Crippen LogP) is 4.19. The second-order valence-electron chi connectivity index (χ2n) is 8.64. The lowest BCUT2D eigenvalue weighted by molar-refractivity contribution is -0.137. The van der Waals surface area contributed by atoms with Gasteiger partial charge in [0.1, 0.15) is 5.82 Å². The van der Waals surface area contributed by atoms with Crippen molar-refractivity contribution in [2.45, 2.75) is 38.9 Å². The molecule has 2 aromatic heterocycles. The van der Waals surface area contributed by atoms with Crippen LogP contribution in [0.3, 0.4) is 0 Å². The molecular formula is C24H23F3N6O2. The number of amides is 1. The van der Waals surface area contributed by atoms with Crippen molar-refractivity contribution in [2.75, 3.05) is 11.1 Å². The van der Waals surface area contributed by atoms with Crippen LogP contribution in [-0.2, 0) is 17.5 Å². The van der Waals surface area contributed by atoms with Gasteiger partial charge in [0.25, 0.3) is 0 Å². The molecule has 182 valence electrons. The Kier molecular flexibility index (Phi) is 6.42. The highest BCUT2D eigenvalue weighted by Crippen LogP contribution is 2.49. The van der Waals surface area contributed by atoms with Crippen LogP contribution in [0.15, 0.2) is 48.8 Å². The van der Waals surface area contributed by atoms with E-state index < -0.39 is 17.2 Å². The molecule has 0 saturated heterocycles. The van der Waals surface area contributed by atoms with Crippen molar-refractivity contribution < 1.29 is 22.8 Å². The minimum atomic E-state index is -4.49. The number of nitrogen functional groups attached to an aromatic ring is 1. The van der Waals surface area contributed by atoms with Gasteiger partial charge in [0, 0.05) is 12.0 Å². The van der Waals surface area contributed by atoms with Gasteiger partial charge in [0.2, 0.25) is 5.91 Å². The number of alkyl halides is 3. The summed E-state index contributed by atoms with van der Waals surface area (Å²) >= 11 is 0. The number of nitrogens with one attached hydrogen (secondary N) is 2. The standard InChI is InChI=1S/C24H23F3N6O2/c1-14-2-5-19(18(8-14)24(25,26)27)32-17-4-3-16(29-13-17)12-30-22(35)23(6-7-23)10-20(34)15-9-21(28)33-31-11-15/h2-5,8-9,11,13,32H,6-7,10,12H2,1H3,(H2,28,33)(H,30,35). The number of carbonyl (C=O) groups is 2. The Morgan fingerprint density at radius 1 is 1.11 bits per heavy atom. The van der Waals surface area contributed by atoms with E-state index in [1.165, 1.54) is 24.5 Å². The lowest BCUT2D eigenvalue weighted by Crippen LogP contribution is -2.33. The number of benzene rings is 1. The van der Waals surface area contributed by atoms with Gasteiger partial charge in [-0.15, -0.1) is 5.10 Å². The number of rotatable bonds is 8. The maximum atomic E-state index is 13.3. The van der Waals surface area contributed by atoms with Gasteiger partial charge in [-0.25, -0.2) is 0 Å². The number of hydrogen-bond acceptors (Lipinski definition) is 7. The fourth-order valence-electron chi connectivity index (χ4n) is 3.70. The summed E-state index contributed by atoms with van der Waals surface area (Å²) in [5.74, 6) is -0.354. The molecule has 4 rings (SSSR count). The van der Waals surface area contributed by atoms with Crippen LogP contribution in [0, 0.1) is 12.3 Å². The second-order valence-corrected chi connectivity index (χ2v) is 8.64. The molecule has 0 bridgehead atoms. The summed E-state index contributed by atoms with van der Waals surface area (Å²) < 4.78 is 40.0. The molecule has 4 N–H and O–H groups in total. The highest BCUT2D eigenvalue weighted by atomic mass is 19.4. The van der Waals surface area contributed by atoms with E-state index in [1.54, 1.807) is 25.1 Å². The Labute approximate surface area is 199 Å². The maximum Gasteiger partial charge on any atom is 0.418 e. The number of carbonyl (C=O) groups excluding carboxylic acids is 2. The van der Waals surface area contributed by atoms with Gasteiger partial charge in [0.05, 0.1) is 47.0 Å². The Bertz CT molecular complexity index is 1260. The van der Waals surface area contributed by atoms with E-state index in [9.17, 15) is 22.8 Å². The number of anilines is 3. The third-order valence-corrected chi connectivity index (χ3v) is 5.84. The van der Waals surface area contributed by atoms with Crippen molar-refractivity contribution in [1.82, 2.24) is 20.5 Å². The lowest BCUT2D eigenvalue weighted by atomic mass is 9.95. The molecule has 1 aliphatic carbocycles. The molecule has 1 aliphatic rings. The lowest BCUT2D eigenvalue weighted by Gasteiger charge is -2.16. The zero-order chi connectivity index (χ0) is 25.2. The number of pyridine rings is 1. The minimum absolute atomic E-state index is 0.0400. The number of nitrogens with zero attached hydrogens (tertiary/aromatic N) is 3. The largest absolute Gasteiger partial charge is 0.418 e. The van der Waals surface area contributed by atoms with Crippen LogP contribution in [0.2, 0.25) is 0 Å². The summed E-state index contributed by atoms with van der Waals surface area (Å²) in [6.07, 6.45) is -0.551. The molecule has 0 aliphatic heterocycles. The third kappa shape index (κ3) is 5.73. The smallest absolute Gasteiger partial charge is 0.382 e. The van der Waals surface area contributed by atoms with Gasteiger partial charge in [-0.05, 0) is 50.1 Å². The number of halogens is 3. The fraction of sp³-hybridized carbons (Fsp3) is 0.292. The Morgan fingerprint density at radius 2 is 1.89 bits per heavy atom. The number of ketones is 1. The highest BCUT2D eigenvalue weighted by molar-refractivity contribution is 6.00. The summed E-state index contributed by atoms with van der Waals surface area (Å²) in [6, 6.07) is 8.67. The molecule has 0 atom stereocenters. The average Bonchev–Trinajstić information content (AvgIpc) is 3.59. The number of Topliss-reactive ketones (excluding diaryl/α,β-unsaturated/α-hetero) is 1. The van der Waals surface area contributed by atoms with Crippen molar-refractivity contribution >= 4 is 28.9 Å². The van der Waals surface area contributed by atoms with Crippen LogP contribution >= 0.6 is 0 Å². The van der Waals surface area contributed by atoms with Crippen molar-refractivity contribution in [1.29, 1.82) is 0 Å². The van der Waals surface area contributed by atoms with E-state index in [2.05, 4.69) is 25.8 Å². The van der Waals surface area contributed by atoms with Crippen molar-refractivity contribution in [3.8, 4) is 0 Å². The molecule has 0 spiro atoms. The summed E-state index contributed by atoms with van der Waals surface area (Å²) in [4.78, 5) is 29.5. The van der Waals surface area contributed by atoms with Gasteiger partial charge >= 0.3 is 6.18 Å². The molecule has 1 fully saturated rings. The Morgan fingerprint density at radius 3 is 2.51 bits per heavy atom. The SMILES string of the molecule is Cc1ccc(Nc2ccc(CNC(=O)C3(CC(=O)c4cnnc(N)c4)CC3)nc2)c(C(F)(F)F)c1. The number of hydrogen-bond donors (Lipinski definition) is 3. The zero-order valence-electron chi connectivity index (χ0n) is 18.8. The molecular weight excluding hydrogens is 461 g/mol. The van der Waals surface area contributed by atoms with Gasteiger partial charge in [-0.1, -0.05) is 11.6 Å². The van der Waals surface area contributed by atoms with Crippen molar-refractivity contribution in [2.24, 2.45) is 5.41 Å². The first-order valence-electron chi connectivity index (χ1n) is 10.9. The van der Waals surface area contributed by atoms with E-state index in [-0.39, 0.29) is 36.2 Å². The Balaban J connectivity index is 1.35. The van der Waals surface area contributed by atoms with Crippen LogP contribution < -0.4 is 16.4 Å². The number of nitrogens with two attached hydrogens (primary N) is 1. The van der Waals surface area contributed by atoms with Gasteiger partial charge in [-0.2, -0.15) is 18.3 Å². The first-order chi connectivity index (χ1) is 16.6. The van der Waals surface area contributed by atoms with E-state index >= 15 is 0 Å². The van der Waals surface area contributed by atoms with Crippen LogP contribution in [0.4, 0.5) is 30.4 Å². The quantitative estimate of drug-likeness (QED) is 0.410. The average molecular weight is 484 g/mol. The van der Waals surface area contributed by atoms with Crippen LogP contribution in [0.25, 0.3) is 0 Å². The molecule has 0 radical (unpaired) electrons. The molecule has 3 aromatic rings. The predicted molar refractivity (Wildman–Crippen MR) is 123 cm³/mol. The topological polar surface area (TPSA) is 123 Å². The van der Waals surface area contributed by atoms with Crippen LogP contribution in [0.5, 0.6) is 0 Å². The van der Waals surface area contributed by atoms with Gasteiger partial charge in [-0.3, -0.25) is 14.6 Å². The molecule has 2 heterocycles. The summed E-state index contributed by atoms with van der Waals surface area (Å²) in [5, 5.41) is 12.8. The number of aromatic nitrogens is 3. The third-order valence-electron chi connectivity index (χ3n) is 5.84. The molecule has 0 unspecified atom stereocenters. The zero-order valence-corrected chi connectivity index (χ0v) is 18.8. The summed E-state index contributed by atoms with van der Waals surface area (Å²) in [5.41, 5.74) is 5.68. The summed E-state index contributed by atoms with van der Waals surface area (Å²) in [6.45, 7) is 1.72. The molecule has 11 heteroatoms. The summed E-state index contributed by atoms with van der Waals surface area (Å²) in [7, 11) is 0. The monoisotopic (exact) mass is 484 g/mol. The van der Waals surface area contributed by atoms with Crippen LogP contribution in [-0.4, -0.2) is 26.9 Å². The van der Waals surface area contributed by atoms with Crippen molar-refractivity contribution in [3.63, 3.8) is 0 Å². The Hall–Kier alpha value is -4.02. The molecule has 1 aromatic carbocycles. The molecule has 1 saturated carbocycles. The van der Waals surface area contributed by atoms with E-state index in [0.29, 0.717) is 35.3 Å². The minimum Gasteiger partial charge on any atom is -0.382 e. The van der Waals surface area contributed by atoms with E-state index in [4.69, 9.17) is 5.73 Å². The highest BCUT2D eigenvalue weighted by Gasteiger charge is 2.51. The second kappa shape index (κ2) is 9.32.